The highest BCUT2D eigenvalue weighted by Crippen LogP contribution is 2.45. The van der Waals surface area contributed by atoms with E-state index >= 15 is 0 Å². The summed E-state index contributed by atoms with van der Waals surface area (Å²) in [4.78, 5) is 23.7. The molecule has 0 fully saturated rings. The van der Waals surface area contributed by atoms with Crippen molar-refractivity contribution >= 4 is 41.0 Å². The summed E-state index contributed by atoms with van der Waals surface area (Å²) < 4.78 is 12.6. The van der Waals surface area contributed by atoms with Crippen molar-refractivity contribution in [2.75, 3.05) is 24.8 Å². The number of amides is 2. The highest BCUT2D eigenvalue weighted by Gasteiger charge is 2.31. The first-order valence-corrected chi connectivity index (χ1v) is 11.6. The van der Waals surface area contributed by atoms with Crippen LogP contribution in [0.4, 0.5) is 5.82 Å². The second-order valence-electron chi connectivity index (χ2n) is 7.60. The summed E-state index contributed by atoms with van der Waals surface area (Å²) in [6.45, 7) is 3.60. The third-order valence-corrected chi connectivity index (χ3v) is 6.95. The Morgan fingerprint density at radius 1 is 1.27 bits per heavy atom. The molecule has 0 bridgehead atoms. The molecular formula is C23H23ClN4O4S. The van der Waals surface area contributed by atoms with Gasteiger partial charge in [0.2, 0.25) is 5.91 Å². The minimum absolute atomic E-state index is 0.114. The monoisotopic (exact) mass is 486 g/mol. The molecule has 0 aliphatic carbocycles. The summed E-state index contributed by atoms with van der Waals surface area (Å²) in [7, 11) is 1.53. The van der Waals surface area contributed by atoms with Gasteiger partial charge in [-0.3, -0.25) is 9.59 Å². The molecule has 3 aromatic rings. The van der Waals surface area contributed by atoms with Crippen LogP contribution in [-0.4, -0.2) is 41.1 Å². The maximum atomic E-state index is 12.6. The van der Waals surface area contributed by atoms with Crippen molar-refractivity contribution in [1.29, 1.82) is 0 Å². The second-order valence-corrected chi connectivity index (χ2v) is 9.10. The minimum atomic E-state index is -0.575. The lowest BCUT2D eigenvalue weighted by Crippen LogP contribution is -2.20. The van der Waals surface area contributed by atoms with Crippen molar-refractivity contribution in [3.05, 3.63) is 63.8 Å². The molecule has 172 valence electrons. The topological polar surface area (TPSA) is 108 Å². The fourth-order valence-corrected chi connectivity index (χ4v) is 5.02. The summed E-state index contributed by atoms with van der Waals surface area (Å²) in [6.07, 6.45) is 0. The van der Waals surface area contributed by atoms with E-state index in [1.807, 2.05) is 44.2 Å². The molecule has 2 heterocycles. The highest BCUT2D eigenvalue weighted by atomic mass is 35.5. The van der Waals surface area contributed by atoms with Crippen LogP contribution in [0.5, 0.6) is 11.5 Å². The molecule has 0 saturated heterocycles. The number of nitrogens with two attached hydrogens (primary N) is 1. The smallest absolute Gasteiger partial charge is 0.255 e. The number of thioether (sulfide) groups is 1. The first-order chi connectivity index (χ1) is 15.8. The first-order valence-electron chi connectivity index (χ1n) is 10.1. The number of aryl methyl sites for hydroxylation is 2. The van der Waals surface area contributed by atoms with Gasteiger partial charge >= 0.3 is 0 Å². The lowest BCUT2D eigenvalue weighted by molar-refractivity contribution is -0.120. The second kappa shape index (κ2) is 9.36. The van der Waals surface area contributed by atoms with Gasteiger partial charge in [0.05, 0.1) is 29.5 Å². The normalized spacial score (nSPS) is 15.4. The van der Waals surface area contributed by atoms with E-state index in [2.05, 4.69) is 5.32 Å². The van der Waals surface area contributed by atoms with Gasteiger partial charge in [-0.05, 0) is 49.2 Å². The van der Waals surface area contributed by atoms with Crippen LogP contribution in [0, 0.1) is 13.8 Å². The van der Waals surface area contributed by atoms with Crippen molar-refractivity contribution in [2.24, 2.45) is 5.73 Å². The molecule has 33 heavy (non-hydrogen) atoms. The van der Waals surface area contributed by atoms with E-state index in [1.54, 1.807) is 10.7 Å². The number of ether oxygens (including phenoxy) is 2. The fourth-order valence-electron chi connectivity index (χ4n) is 3.66. The molecule has 2 amide bonds. The van der Waals surface area contributed by atoms with Crippen LogP contribution < -0.4 is 20.5 Å². The Hall–Kier alpha value is -3.17. The Labute approximate surface area is 200 Å². The Morgan fingerprint density at radius 3 is 2.76 bits per heavy atom. The molecule has 1 atom stereocenters. The zero-order chi connectivity index (χ0) is 23.7. The molecule has 1 aromatic heterocycles. The number of anilines is 1. The minimum Gasteiger partial charge on any atom is -0.493 e. The van der Waals surface area contributed by atoms with Crippen LogP contribution in [-0.2, 0) is 9.59 Å². The molecule has 3 N–H and O–H groups in total. The Kier molecular flexibility index (Phi) is 6.53. The van der Waals surface area contributed by atoms with E-state index < -0.39 is 5.91 Å². The number of carbonyl (C=O) groups excluding carboxylic acids is 2. The van der Waals surface area contributed by atoms with E-state index in [4.69, 9.17) is 31.9 Å². The molecular weight excluding hydrogens is 464 g/mol. The summed E-state index contributed by atoms with van der Waals surface area (Å²) in [6, 6.07) is 11.1. The maximum absolute atomic E-state index is 12.6. The standard InChI is InChI=1S/C23H23ClN4O4S/c1-12-4-6-15(9-16(12)24)28-23-21(13(2)27-28)22(33-11-20(30)26-23)14-5-7-17(18(8-14)31-3)32-10-19(25)29/h4-9,22H,10-11H2,1-3H3,(H2,25,29)(H,26,30)/t22-/m0/s1. The van der Waals surface area contributed by atoms with E-state index in [-0.39, 0.29) is 23.5 Å². The van der Waals surface area contributed by atoms with Crippen LogP contribution in [0.3, 0.4) is 0 Å². The van der Waals surface area contributed by atoms with E-state index in [1.165, 1.54) is 18.9 Å². The molecule has 0 saturated carbocycles. The van der Waals surface area contributed by atoms with Gasteiger partial charge in [-0.2, -0.15) is 5.10 Å². The predicted octanol–water partition coefficient (Wildman–Crippen LogP) is 3.79. The number of hydrogen-bond acceptors (Lipinski definition) is 6. The van der Waals surface area contributed by atoms with Gasteiger partial charge in [0.25, 0.3) is 5.91 Å². The summed E-state index contributed by atoms with van der Waals surface area (Å²) >= 11 is 7.84. The Balaban J connectivity index is 1.79. The number of methoxy groups -OCH3 is 1. The lowest BCUT2D eigenvalue weighted by atomic mass is 10.0. The van der Waals surface area contributed by atoms with Crippen LogP contribution in [0.1, 0.15) is 27.6 Å². The number of carbonyl (C=O) groups is 2. The number of nitrogens with one attached hydrogen (secondary N) is 1. The number of primary amides is 1. The third kappa shape index (κ3) is 4.65. The number of hydrogen-bond donors (Lipinski definition) is 2. The van der Waals surface area contributed by atoms with Crippen LogP contribution in [0.15, 0.2) is 36.4 Å². The van der Waals surface area contributed by atoms with Crippen molar-refractivity contribution in [1.82, 2.24) is 9.78 Å². The zero-order valence-corrected chi connectivity index (χ0v) is 19.9. The summed E-state index contributed by atoms with van der Waals surface area (Å²) in [5, 5.41) is 8.16. The lowest BCUT2D eigenvalue weighted by Gasteiger charge is -2.18. The van der Waals surface area contributed by atoms with Crippen molar-refractivity contribution in [2.45, 2.75) is 19.1 Å². The Bertz CT molecular complexity index is 1240. The largest absolute Gasteiger partial charge is 0.493 e. The molecule has 1 aliphatic rings. The highest BCUT2D eigenvalue weighted by molar-refractivity contribution is 8.00. The molecule has 0 unspecified atom stereocenters. The van der Waals surface area contributed by atoms with Crippen LogP contribution >= 0.6 is 23.4 Å². The van der Waals surface area contributed by atoms with E-state index in [9.17, 15) is 9.59 Å². The van der Waals surface area contributed by atoms with Gasteiger partial charge in [0, 0.05) is 10.6 Å². The number of aromatic nitrogens is 2. The van der Waals surface area contributed by atoms with Crippen molar-refractivity contribution < 1.29 is 19.1 Å². The molecule has 0 radical (unpaired) electrons. The van der Waals surface area contributed by atoms with Crippen LogP contribution in [0.25, 0.3) is 5.69 Å². The van der Waals surface area contributed by atoms with Crippen molar-refractivity contribution in [3.63, 3.8) is 0 Å². The average Bonchev–Trinajstić information content (AvgIpc) is 2.98. The SMILES string of the molecule is COc1cc([C@@H]2SCC(=O)Nc3c2c(C)nn3-c2ccc(C)c(Cl)c2)ccc1OCC(N)=O. The van der Waals surface area contributed by atoms with Crippen molar-refractivity contribution in [3.8, 4) is 17.2 Å². The average molecular weight is 487 g/mol. The van der Waals surface area contributed by atoms with E-state index in [0.29, 0.717) is 22.3 Å². The van der Waals surface area contributed by atoms with Gasteiger partial charge in [0.15, 0.2) is 18.1 Å². The number of nitrogens with zero attached hydrogens (tertiary/aromatic N) is 2. The summed E-state index contributed by atoms with van der Waals surface area (Å²) in [5.41, 5.74) is 9.49. The predicted molar refractivity (Wildman–Crippen MR) is 129 cm³/mol. The molecule has 2 aromatic carbocycles. The van der Waals surface area contributed by atoms with Gasteiger partial charge in [-0.1, -0.05) is 23.7 Å². The quantitative estimate of drug-likeness (QED) is 0.548. The van der Waals surface area contributed by atoms with Gasteiger partial charge in [0.1, 0.15) is 5.82 Å². The molecule has 8 nitrogen and oxygen atoms in total. The fraction of sp³-hybridized carbons (Fsp3) is 0.261. The molecule has 4 rings (SSSR count). The molecule has 1 aliphatic heterocycles. The third-order valence-electron chi connectivity index (χ3n) is 5.27. The first kappa shape index (κ1) is 23.0. The summed E-state index contributed by atoms with van der Waals surface area (Å²) in [5.74, 6) is 1.07. The van der Waals surface area contributed by atoms with Crippen LogP contribution in [0.2, 0.25) is 5.02 Å². The Morgan fingerprint density at radius 2 is 2.06 bits per heavy atom. The zero-order valence-electron chi connectivity index (χ0n) is 18.3. The van der Waals surface area contributed by atoms with Gasteiger partial charge < -0.3 is 20.5 Å². The van der Waals surface area contributed by atoms with Gasteiger partial charge in [-0.25, -0.2) is 4.68 Å². The number of rotatable bonds is 6. The van der Waals surface area contributed by atoms with E-state index in [0.717, 1.165) is 28.1 Å². The number of fused-ring (bicyclic) bond motifs is 1. The number of halogens is 1. The number of benzene rings is 2. The van der Waals surface area contributed by atoms with Gasteiger partial charge in [-0.15, -0.1) is 11.8 Å². The maximum Gasteiger partial charge on any atom is 0.255 e. The molecule has 0 spiro atoms. The molecule has 10 heteroatoms.